The van der Waals surface area contributed by atoms with Crippen LogP contribution in [0.5, 0.6) is 0 Å². The van der Waals surface area contributed by atoms with E-state index < -0.39 is 0 Å². The number of Topliss-reactive ketones (excluding diaryl/α,β-unsaturated/α-hetero) is 1. The molecule has 4 nitrogen and oxygen atoms in total. The Hall–Kier alpha value is -1.81. The molecule has 0 unspecified atom stereocenters. The predicted molar refractivity (Wildman–Crippen MR) is 60.1 cm³/mol. The molecule has 2 rings (SSSR count). The zero-order valence-electron chi connectivity index (χ0n) is 9.01. The fourth-order valence-electron chi connectivity index (χ4n) is 1.63. The molecule has 1 aromatic carbocycles. The summed E-state index contributed by atoms with van der Waals surface area (Å²) in [5.74, 6) is 0.0423. The van der Waals surface area contributed by atoms with Gasteiger partial charge in [0.15, 0.2) is 5.78 Å². The van der Waals surface area contributed by atoms with Gasteiger partial charge in [-0.05, 0) is 11.6 Å². The molecule has 1 aromatic heterocycles. The Balaban J connectivity index is 2.33. The van der Waals surface area contributed by atoms with Crippen LogP contribution in [0.25, 0.3) is 10.9 Å². The second-order valence-electron chi connectivity index (χ2n) is 3.54. The predicted octanol–water partition coefficient (Wildman–Crippen LogP) is 1.39. The van der Waals surface area contributed by atoms with Crippen LogP contribution in [0, 0.1) is 0 Å². The van der Waals surface area contributed by atoms with Crippen molar-refractivity contribution in [2.45, 2.75) is 6.42 Å². The molecule has 0 amide bonds. The molecule has 82 valence electrons. The maximum absolute atomic E-state index is 11.5. The van der Waals surface area contributed by atoms with Gasteiger partial charge in [-0.25, -0.2) is 0 Å². The number of carbonyl (C=O) groups is 1. The Kier molecular flexibility index (Phi) is 3.22. The van der Waals surface area contributed by atoms with Crippen LogP contribution in [0.15, 0.2) is 30.5 Å². The summed E-state index contributed by atoms with van der Waals surface area (Å²) in [5, 5.41) is 8.86. The summed E-state index contributed by atoms with van der Waals surface area (Å²) < 4.78 is 4.80. The van der Waals surface area contributed by atoms with E-state index in [0.717, 1.165) is 16.5 Å². The molecule has 0 aliphatic rings. The minimum absolute atomic E-state index is 0.0423. The molecule has 0 N–H and O–H groups in total. The summed E-state index contributed by atoms with van der Waals surface area (Å²) in [5.41, 5.74) is 1.71. The number of hydrogen-bond donors (Lipinski definition) is 0. The van der Waals surface area contributed by atoms with Gasteiger partial charge in [-0.1, -0.05) is 18.2 Å². The van der Waals surface area contributed by atoms with Crippen LogP contribution >= 0.6 is 0 Å². The number of nitrogens with zero attached hydrogens (tertiary/aromatic N) is 2. The second-order valence-corrected chi connectivity index (χ2v) is 3.54. The van der Waals surface area contributed by atoms with Gasteiger partial charge in [-0.15, -0.1) is 0 Å². The monoisotopic (exact) mass is 216 g/mol. The first kappa shape index (κ1) is 10.7. The van der Waals surface area contributed by atoms with Crippen LogP contribution in [-0.2, 0) is 16.0 Å². The van der Waals surface area contributed by atoms with Crippen molar-refractivity contribution in [2.24, 2.45) is 0 Å². The molecule has 0 saturated heterocycles. The molecular weight excluding hydrogens is 204 g/mol. The number of benzene rings is 1. The molecule has 0 aliphatic carbocycles. The first-order chi connectivity index (χ1) is 7.81. The van der Waals surface area contributed by atoms with Crippen LogP contribution in [-0.4, -0.2) is 29.7 Å². The third-order valence-electron chi connectivity index (χ3n) is 2.32. The fourth-order valence-corrected chi connectivity index (χ4v) is 1.63. The van der Waals surface area contributed by atoms with Gasteiger partial charge in [-0.2, -0.15) is 10.2 Å². The highest BCUT2D eigenvalue weighted by atomic mass is 16.5. The highest BCUT2D eigenvalue weighted by Gasteiger charge is 2.07. The van der Waals surface area contributed by atoms with Crippen LogP contribution in [0.1, 0.15) is 5.56 Å². The van der Waals surface area contributed by atoms with Crippen LogP contribution in [0.2, 0.25) is 0 Å². The minimum atomic E-state index is 0.0423. The molecule has 0 radical (unpaired) electrons. The van der Waals surface area contributed by atoms with Crippen molar-refractivity contribution < 1.29 is 9.53 Å². The number of methoxy groups -OCH3 is 1. The summed E-state index contributed by atoms with van der Waals surface area (Å²) in [6.07, 6.45) is 1.97. The number of fused-ring (bicyclic) bond motifs is 1. The third kappa shape index (κ3) is 2.23. The van der Waals surface area contributed by atoms with Gasteiger partial charge in [0.2, 0.25) is 0 Å². The molecule has 0 aliphatic heterocycles. The van der Waals surface area contributed by atoms with E-state index in [1.54, 1.807) is 6.20 Å². The average Bonchev–Trinajstić information content (AvgIpc) is 2.30. The molecule has 0 atom stereocenters. The molecule has 0 spiro atoms. The van der Waals surface area contributed by atoms with Crippen molar-refractivity contribution in [2.75, 3.05) is 13.7 Å². The quantitative estimate of drug-likeness (QED) is 0.775. The number of carbonyl (C=O) groups excluding carboxylic acids is 1. The van der Waals surface area contributed by atoms with E-state index in [0.29, 0.717) is 6.42 Å². The first-order valence-corrected chi connectivity index (χ1v) is 5.01. The maximum atomic E-state index is 11.5. The van der Waals surface area contributed by atoms with Gasteiger partial charge < -0.3 is 4.74 Å². The van der Waals surface area contributed by atoms with E-state index in [2.05, 4.69) is 10.2 Å². The van der Waals surface area contributed by atoms with Crippen molar-refractivity contribution in [3.63, 3.8) is 0 Å². The van der Waals surface area contributed by atoms with E-state index in [-0.39, 0.29) is 12.4 Å². The Bertz CT molecular complexity index is 506. The first-order valence-electron chi connectivity index (χ1n) is 5.01. The Morgan fingerprint density at radius 1 is 1.38 bits per heavy atom. The zero-order chi connectivity index (χ0) is 11.4. The lowest BCUT2D eigenvalue weighted by molar-refractivity contribution is -0.121. The molecule has 0 saturated carbocycles. The van der Waals surface area contributed by atoms with E-state index >= 15 is 0 Å². The van der Waals surface area contributed by atoms with Crippen LogP contribution in [0.4, 0.5) is 0 Å². The smallest absolute Gasteiger partial charge is 0.162 e. The normalized spacial score (nSPS) is 10.6. The van der Waals surface area contributed by atoms with Crippen molar-refractivity contribution >= 4 is 16.7 Å². The van der Waals surface area contributed by atoms with Gasteiger partial charge in [0.25, 0.3) is 0 Å². The SMILES string of the molecule is COCC(=O)Cc1cnnc2ccccc12. The topological polar surface area (TPSA) is 52.1 Å². The van der Waals surface area contributed by atoms with Crippen LogP contribution < -0.4 is 0 Å². The Morgan fingerprint density at radius 2 is 2.19 bits per heavy atom. The molecule has 0 bridgehead atoms. The number of ketones is 1. The number of aromatic nitrogens is 2. The lowest BCUT2D eigenvalue weighted by Gasteiger charge is -2.03. The maximum Gasteiger partial charge on any atom is 0.162 e. The van der Waals surface area contributed by atoms with Gasteiger partial charge in [0.1, 0.15) is 6.61 Å². The summed E-state index contributed by atoms with van der Waals surface area (Å²) in [6, 6.07) is 7.65. The van der Waals surface area contributed by atoms with Gasteiger partial charge in [-0.3, -0.25) is 4.79 Å². The lowest BCUT2D eigenvalue weighted by Crippen LogP contribution is -2.10. The van der Waals surface area contributed by atoms with Crippen molar-refractivity contribution in [3.8, 4) is 0 Å². The summed E-state index contributed by atoms with van der Waals surface area (Å²) in [4.78, 5) is 11.5. The lowest BCUT2D eigenvalue weighted by atomic mass is 10.1. The van der Waals surface area contributed by atoms with Crippen molar-refractivity contribution in [3.05, 3.63) is 36.0 Å². The number of hydrogen-bond acceptors (Lipinski definition) is 4. The van der Waals surface area contributed by atoms with Gasteiger partial charge in [0.05, 0.1) is 11.7 Å². The second kappa shape index (κ2) is 4.81. The van der Waals surface area contributed by atoms with Crippen molar-refractivity contribution in [1.29, 1.82) is 0 Å². The summed E-state index contributed by atoms with van der Waals surface area (Å²) >= 11 is 0. The fraction of sp³-hybridized carbons (Fsp3) is 0.250. The van der Waals surface area contributed by atoms with Crippen molar-refractivity contribution in [1.82, 2.24) is 10.2 Å². The number of rotatable bonds is 4. The molecule has 1 heterocycles. The molecular formula is C12H12N2O2. The molecule has 4 heteroatoms. The third-order valence-corrected chi connectivity index (χ3v) is 2.32. The summed E-state index contributed by atoms with van der Waals surface area (Å²) in [6.45, 7) is 0.136. The number of ether oxygens (including phenoxy) is 1. The highest BCUT2D eigenvalue weighted by Crippen LogP contribution is 2.15. The Morgan fingerprint density at radius 3 is 3.00 bits per heavy atom. The van der Waals surface area contributed by atoms with E-state index in [4.69, 9.17) is 4.74 Å². The largest absolute Gasteiger partial charge is 0.377 e. The van der Waals surface area contributed by atoms with Gasteiger partial charge >= 0.3 is 0 Å². The molecule has 2 aromatic rings. The molecule has 0 fully saturated rings. The highest BCUT2D eigenvalue weighted by molar-refractivity contribution is 5.88. The molecule has 16 heavy (non-hydrogen) atoms. The van der Waals surface area contributed by atoms with Crippen LogP contribution in [0.3, 0.4) is 0 Å². The average molecular weight is 216 g/mol. The van der Waals surface area contributed by atoms with E-state index in [1.165, 1.54) is 7.11 Å². The van der Waals surface area contributed by atoms with E-state index in [9.17, 15) is 4.79 Å². The zero-order valence-corrected chi connectivity index (χ0v) is 9.01. The van der Waals surface area contributed by atoms with Gasteiger partial charge in [0, 0.05) is 18.9 Å². The summed E-state index contributed by atoms with van der Waals surface area (Å²) in [7, 11) is 1.51. The van der Waals surface area contributed by atoms with E-state index in [1.807, 2.05) is 24.3 Å². The Labute approximate surface area is 93.3 Å². The standard InChI is InChI=1S/C12H12N2O2/c1-16-8-10(15)6-9-7-13-14-12-5-3-2-4-11(9)12/h2-5,7H,6,8H2,1H3. The minimum Gasteiger partial charge on any atom is -0.377 e.